The van der Waals surface area contributed by atoms with Gasteiger partial charge in [0.15, 0.2) is 0 Å². The normalized spacial score (nSPS) is 41.1. The highest BCUT2D eigenvalue weighted by atomic mass is 31.3. The van der Waals surface area contributed by atoms with Crippen molar-refractivity contribution < 1.29 is 45.1 Å². The van der Waals surface area contributed by atoms with E-state index in [0.29, 0.717) is 39.3 Å². The smallest absolute Gasteiger partial charge is 0.302 e. The van der Waals surface area contributed by atoms with E-state index in [1.807, 2.05) is 0 Å². The molecule has 0 aromatic carbocycles. The average Bonchev–Trinajstić information content (AvgIpc) is 3.32. The van der Waals surface area contributed by atoms with E-state index in [2.05, 4.69) is 26.6 Å². The van der Waals surface area contributed by atoms with Gasteiger partial charge in [0.25, 0.3) is 0 Å². The predicted octanol–water partition coefficient (Wildman–Crippen LogP) is 3.32. The van der Waals surface area contributed by atoms with Crippen LogP contribution in [-0.4, -0.2) is 62.7 Å². The van der Waals surface area contributed by atoms with E-state index in [9.17, 15) is 23.5 Å². The lowest BCUT2D eigenvalue weighted by Crippen LogP contribution is -2.35. The molecule has 0 aliphatic carbocycles. The van der Waals surface area contributed by atoms with Crippen molar-refractivity contribution in [1.29, 1.82) is 0 Å². The number of nitrogens with zero attached hydrogens (tertiary/aromatic N) is 3. The first-order valence-corrected chi connectivity index (χ1v) is 15.4. The third-order valence-corrected chi connectivity index (χ3v) is 15.2. The minimum Gasteiger partial charge on any atom is -0.302 e. The van der Waals surface area contributed by atoms with Gasteiger partial charge in [-0.05, 0) is 25.7 Å². The van der Waals surface area contributed by atoms with Crippen LogP contribution in [0.15, 0.2) is 0 Å². The highest BCUT2D eigenvalue weighted by Crippen LogP contribution is 2.84. The zero-order valence-electron chi connectivity index (χ0n) is 15.4. The van der Waals surface area contributed by atoms with Crippen molar-refractivity contribution in [2.75, 3.05) is 39.3 Å². The molecule has 0 amide bonds. The lowest BCUT2D eigenvalue weighted by Gasteiger charge is -2.38. The second-order valence-corrected chi connectivity index (χ2v) is 15.3. The highest BCUT2D eigenvalue weighted by molar-refractivity contribution is 7.77. The molecular formula is C12H26N3O9P4+. The fourth-order valence-electron chi connectivity index (χ4n) is 4.17. The maximum atomic E-state index is 13.3. The van der Waals surface area contributed by atoms with Crippen LogP contribution in [0.2, 0.25) is 0 Å². The molecule has 4 heterocycles. The van der Waals surface area contributed by atoms with Crippen molar-refractivity contribution in [2.45, 2.75) is 38.5 Å². The minimum atomic E-state index is -5.07. The van der Waals surface area contributed by atoms with Crippen LogP contribution >= 0.6 is 31.1 Å². The lowest BCUT2D eigenvalue weighted by atomic mass is 10.4. The largest absolute Gasteiger partial charge is 0.501 e. The van der Waals surface area contributed by atoms with E-state index in [-0.39, 0.29) is 0 Å². The van der Waals surface area contributed by atoms with Crippen molar-refractivity contribution in [3.8, 4) is 0 Å². The summed E-state index contributed by atoms with van der Waals surface area (Å²) in [5.74, 6) is 0. The molecule has 12 nitrogen and oxygen atoms in total. The van der Waals surface area contributed by atoms with Gasteiger partial charge in [0.2, 0.25) is 0 Å². The molecule has 28 heavy (non-hydrogen) atoms. The van der Waals surface area contributed by atoms with Gasteiger partial charge in [-0.15, -0.1) is 0 Å². The fraction of sp³-hybridized carbons (Fsp3) is 1.00. The van der Waals surface area contributed by atoms with E-state index < -0.39 is 31.1 Å². The minimum absolute atomic E-state index is 0.713. The molecule has 0 bridgehead atoms. The zero-order valence-corrected chi connectivity index (χ0v) is 18.9. The topological polar surface area (TPSA) is 138 Å². The molecule has 4 saturated heterocycles. The fourth-order valence-corrected chi connectivity index (χ4v) is 15.0. The maximum absolute atomic E-state index is 13.3. The number of hydrogen-bond acceptors (Lipinski definition) is 7. The molecule has 2 atom stereocenters. The highest BCUT2D eigenvalue weighted by Gasteiger charge is 2.61. The SMILES string of the molecule is O=P1(O)OP(=O)(O)OP(=O)(OP(N2CCCC2)(N2CCCC2)=[N+]2CCCC2)O1. The summed E-state index contributed by atoms with van der Waals surface area (Å²) in [4.78, 5) is 19.3. The van der Waals surface area contributed by atoms with E-state index >= 15 is 0 Å². The molecule has 4 aliphatic rings. The van der Waals surface area contributed by atoms with Gasteiger partial charge in [0.05, 0.1) is 0 Å². The van der Waals surface area contributed by atoms with E-state index in [4.69, 9.17) is 4.31 Å². The number of phosphoric acid groups is 3. The first kappa shape index (κ1) is 21.8. The Morgan fingerprint density at radius 3 is 1.61 bits per heavy atom. The van der Waals surface area contributed by atoms with Crippen LogP contribution < -0.4 is 0 Å². The summed E-state index contributed by atoms with van der Waals surface area (Å²) in [5.41, 5.74) is 0. The lowest BCUT2D eigenvalue weighted by molar-refractivity contribution is -0.496. The molecule has 4 fully saturated rings. The van der Waals surface area contributed by atoms with Crippen molar-refractivity contribution >= 4 is 31.1 Å². The molecule has 0 spiro atoms. The van der Waals surface area contributed by atoms with Crippen LogP contribution in [0.1, 0.15) is 38.5 Å². The third kappa shape index (κ3) is 4.31. The third-order valence-electron chi connectivity index (χ3n) is 5.17. The first-order valence-electron chi connectivity index (χ1n) is 9.41. The van der Waals surface area contributed by atoms with Crippen molar-refractivity contribution in [3.05, 3.63) is 0 Å². The molecule has 0 aromatic heterocycles. The average molecular weight is 480 g/mol. The van der Waals surface area contributed by atoms with Gasteiger partial charge in [0, 0.05) is 39.0 Å². The molecule has 4 aliphatic heterocycles. The van der Waals surface area contributed by atoms with E-state index in [0.717, 1.165) is 38.5 Å². The second kappa shape index (κ2) is 7.94. The molecule has 2 unspecified atom stereocenters. The summed E-state index contributed by atoms with van der Waals surface area (Å²) in [5, 5.41) is 0. The Morgan fingerprint density at radius 1 is 0.750 bits per heavy atom. The number of hydrogen-bond donors (Lipinski definition) is 2. The van der Waals surface area contributed by atoms with Gasteiger partial charge in [-0.1, -0.05) is 0 Å². The van der Waals surface area contributed by atoms with Crippen LogP contribution in [-0.2, 0) is 30.9 Å². The predicted molar refractivity (Wildman–Crippen MR) is 99.4 cm³/mol. The van der Waals surface area contributed by atoms with Crippen LogP contribution in [0.5, 0.6) is 0 Å². The molecule has 4 rings (SSSR count). The summed E-state index contributed by atoms with van der Waals surface area (Å²) >= 11 is 0. The van der Waals surface area contributed by atoms with Gasteiger partial charge >= 0.3 is 31.1 Å². The summed E-state index contributed by atoms with van der Waals surface area (Å²) in [6.07, 6.45) is 5.66. The maximum Gasteiger partial charge on any atom is 0.501 e. The van der Waals surface area contributed by atoms with Crippen molar-refractivity contribution in [3.63, 3.8) is 0 Å². The Morgan fingerprint density at radius 2 is 1.18 bits per heavy atom. The Balaban J connectivity index is 1.82. The number of rotatable bonds is 4. The van der Waals surface area contributed by atoms with Gasteiger partial charge < -0.3 is 9.79 Å². The van der Waals surface area contributed by atoms with Crippen LogP contribution in [0.3, 0.4) is 0 Å². The van der Waals surface area contributed by atoms with Gasteiger partial charge in [-0.2, -0.15) is 26.6 Å². The standard InChI is InChI=1S/C12H25N3O9P4/c16-26(17)22-27(18,19)24-28(20,23-26)21-25(13-7-1-2-8-13,14-9-3-4-10-14)15-11-5-6-12-15/h1-12H2,(H-,16,17,18,19)/p+1. The Bertz CT molecular complexity index is 767. The summed E-state index contributed by atoms with van der Waals surface area (Å²) in [6, 6.07) is 0. The van der Waals surface area contributed by atoms with Crippen LogP contribution in [0.25, 0.3) is 0 Å². The quantitative estimate of drug-likeness (QED) is 0.573. The van der Waals surface area contributed by atoms with Crippen LogP contribution in [0.4, 0.5) is 0 Å². The molecule has 0 aromatic rings. The first-order chi connectivity index (χ1) is 13.1. The summed E-state index contributed by atoms with van der Waals surface area (Å²) < 4.78 is 62.9. The van der Waals surface area contributed by atoms with Crippen LogP contribution in [0, 0.1) is 0 Å². The Labute approximate surface area is 163 Å². The Hall–Kier alpha value is 0.600. The molecule has 2 N–H and O–H groups in total. The second-order valence-electron chi connectivity index (χ2n) is 7.21. The van der Waals surface area contributed by atoms with E-state index in [1.54, 1.807) is 0 Å². The molecule has 16 heteroatoms. The molecule has 162 valence electrons. The zero-order chi connectivity index (χ0) is 20.0. The monoisotopic (exact) mass is 480 g/mol. The Kier molecular flexibility index (Phi) is 6.19. The summed E-state index contributed by atoms with van der Waals surface area (Å²) in [7, 11) is -17.9. The van der Waals surface area contributed by atoms with Gasteiger partial charge in [-0.25, -0.2) is 18.0 Å². The van der Waals surface area contributed by atoms with Crippen molar-refractivity contribution in [2.24, 2.45) is 0 Å². The van der Waals surface area contributed by atoms with E-state index in [1.165, 1.54) is 0 Å². The van der Waals surface area contributed by atoms with Crippen molar-refractivity contribution in [1.82, 2.24) is 9.34 Å². The molecule has 0 radical (unpaired) electrons. The van der Waals surface area contributed by atoms with Gasteiger partial charge in [0.1, 0.15) is 13.1 Å². The molecule has 0 saturated carbocycles. The summed E-state index contributed by atoms with van der Waals surface area (Å²) in [6.45, 7) is 4.28. The molecular weight excluding hydrogens is 454 g/mol. The van der Waals surface area contributed by atoms with Gasteiger partial charge in [-0.3, -0.25) is 0 Å².